The van der Waals surface area contributed by atoms with E-state index >= 15 is 0 Å². The quantitative estimate of drug-likeness (QED) is 0.450. The number of carbonyl (C=O) groups excluding carboxylic acids is 3. The molecule has 0 unspecified atom stereocenters. The molecule has 45 heavy (non-hydrogen) atoms. The third-order valence-corrected chi connectivity index (χ3v) is 11.2. The summed E-state index contributed by atoms with van der Waals surface area (Å²) in [4.78, 5) is 51.2. The standard InChI is InChI=1S/C35H48N6O3S/c1-35(2,3)15-18-40-32(43)30(45-33(40)27-10-6-8-12-29(27)38-21-19-37(4)20-22-38)23-31(42)39-16-13-26(14-17-39)41-24-25-9-5-7-11-28(25)36-34(41)44/h5-12,26,30,33H,13-24H2,1-4H3,(H,36,44)/t30-,33-/m0/s1. The number of piperazine rings is 1. The Bertz CT molecular complexity index is 1400. The highest BCUT2D eigenvalue weighted by Crippen LogP contribution is 2.48. The average Bonchev–Trinajstić information content (AvgIpc) is 3.34. The lowest BCUT2D eigenvalue weighted by Crippen LogP contribution is -2.51. The monoisotopic (exact) mass is 632 g/mol. The number of amides is 4. The van der Waals surface area contributed by atoms with E-state index < -0.39 is 5.25 Å². The van der Waals surface area contributed by atoms with Gasteiger partial charge < -0.3 is 29.8 Å². The fourth-order valence-electron chi connectivity index (χ4n) is 6.91. The maximum Gasteiger partial charge on any atom is 0.322 e. The van der Waals surface area contributed by atoms with Crippen molar-refractivity contribution in [1.82, 2.24) is 19.6 Å². The zero-order valence-electron chi connectivity index (χ0n) is 27.2. The van der Waals surface area contributed by atoms with Crippen molar-refractivity contribution in [2.75, 3.05) is 63.1 Å². The van der Waals surface area contributed by atoms with Crippen molar-refractivity contribution in [2.24, 2.45) is 5.41 Å². The lowest BCUT2D eigenvalue weighted by Gasteiger charge is -2.40. The second kappa shape index (κ2) is 13.2. The highest BCUT2D eigenvalue weighted by Gasteiger charge is 2.44. The maximum atomic E-state index is 14.0. The number of rotatable bonds is 7. The fraction of sp³-hybridized carbons (Fsp3) is 0.571. The molecule has 2 atom stereocenters. The molecule has 4 heterocycles. The predicted molar refractivity (Wildman–Crippen MR) is 181 cm³/mol. The van der Waals surface area contributed by atoms with Crippen molar-refractivity contribution >= 4 is 41.0 Å². The number of carbonyl (C=O) groups is 3. The van der Waals surface area contributed by atoms with Crippen LogP contribution < -0.4 is 10.2 Å². The van der Waals surface area contributed by atoms with Crippen molar-refractivity contribution in [3.05, 3.63) is 59.7 Å². The van der Waals surface area contributed by atoms with E-state index in [-0.39, 0.29) is 41.1 Å². The molecule has 4 aliphatic rings. The molecule has 0 aromatic heterocycles. The number of thioether (sulfide) groups is 1. The van der Waals surface area contributed by atoms with Crippen LogP contribution in [0.2, 0.25) is 0 Å². The molecule has 242 valence electrons. The Balaban J connectivity index is 1.12. The zero-order valence-corrected chi connectivity index (χ0v) is 28.0. The Labute approximate surface area is 272 Å². The van der Waals surface area contributed by atoms with Crippen LogP contribution in [0.25, 0.3) is 0 Å². The van der Waals surface area contributed by atoms with Crippen molar-refractivity contribution in [3.8, 4) is 0 Å². The number of urea groups is 1. The van der Waals surface area contributed by atoms with Crippen LogP contribution in [0.5, 0.6) is 0 Å². The molecule has 4 amide bonds. The summed E-state index contributed by atoms with van der Waals surface area (Å²) in [6, 6.07) is 16.5. The van der Waals surface area contributed by atoms with Gasteiger partial charge in [0, 0.05) is 81.8 Å². The van der Waals surface area contributed by atoms with Gasteiger partial charge in [0.2, 0.25) is 11.8 Å². The number of para-hydroxylation sites is 2. The van der Waals surface area contributed by atoms with E-state index in [0.29, 0.717) is 26.2 Å². The molecule has 3 saturated heterocycles. The number of hydrogen-bond donors (Lipinski definition) is 1. The normalized spacial score (nSPS) is 23.4. The Kier molecular flexibility index (Phi) is 9.34. The number of likely N-dealkylation sites (tertiary alicyclic amines) is 1. The molecule has 6 rings (SSSR count). The topological polar surface area (TPSA) is 79.4 Å². The zero-order chi connectivity index (χ0) is 31.7. The predicted octanol–water partition coefficient (Wildman–Crippen LogP) is 5.25. The summed E-state index contributed by atoms with van der Waals surface area (Å²) in [6.07, 6.45) is 2.60. The smallest absolute Gasteiger partial charge is 0.322 e. The van der Waals surface area contributed by atoms with Crippen LogP contribution in [0.1, 0.15) is 63.0 Å². The maximum absolute atomic E-state index is 14.0. The Hall–Kier alpha value is -3.24. The number of piperidine rings is 1. The van der Waals surface area contributed by atoms with Crippen LogP contribution >= 0.6 is 11.8 Å². The summed E-state index contributed by atoms with van der Waals surface area (Å²) in [5.74, 6) is 0.117. The molecule has 0 spiro atoms. The van der Waals surface area contributed by atoms with E-state index in [9.17, 15) is 14.4 Å². The Morgan fingerprint density at radius 2 is 1.62 bits per heavy atom. The number of nitrogens with zero attached hydrogens (tertiary/aromatic N) is 5. The van der Waals surface area contributed by atoms with Crippen LogP contribution in [0.3, 0.4) is 0 Å². The number of nitrogens with one attached hydrogen (secondary N) is 1. The third-order valence-electron chi connectivity index (χ3n) is 9.76. The van der Waals surface area contributed by atoms with Gasteiger partial charge in [0.25, 0.3) is 0 Å². The largest absolute Gasteiger partial charge is 0.369 e. The molecule has 1 N–H and O–H groups in total. The minimum atomic E-state index is -0.398. The first-order valence-electron chi connectivity index (χ1n) is 16.5. The van der Waals surface area contributed by atoms with Crippen molar-refractivity contribution < 1.29 is 14.4 Å². The molecule has 0 bridgehead atoms. The summed E-state index contributed by atoms with van der Waals surface area (Å²) in [5.41, 5.74) is 4.47. The molecule has 9 nitrogen and oxygen atoms in total. The van der Waals surface area contributed by atoms with E-state index in [1.807, 2.05) is 32.9 Å². The van der Waals surface area contributed by atoms with Gasteiger partial charge in [-0.2, -0.15) is 0 Å². The first-order chi connectivity index (χ1) is 21.6. The molecule has 10 heteroatoms. The van der Waals surface area contributed by atoms with E-state index in [0.717, 1.165) is 56.7 Å². The van der Waals surface area contributed by atoms with E-state index in [1.54, 1.807) is 11.8 Å². The van der Waals surface area contributed by atoms with E-state index in [4.69, 9.17) is 0 Å². The van der Waals surface area contributed by atoms with Gasteiger partial charge in [0.05, 0.1) is 5.25 Å². The van der Waals surface area contributed by atoms with Gasteiger partial charge in [-0.3, -0.25) is 9.59 Å². The number of anilines is 2. The van der Waals surface area contributed by atoms with Crippen LogP contribution in [0, 0.1) is 5.41 Å². The summed E-state index contributed by atoms with van der Waals surface area (Å²) in [5, 5.41) is 2.51. The first kappa shape index (κ1) is 31.7. The summed E-state index contributed by atoms with van der Waals surface area (Å²) in [6.45, 7) is 13.1. The van der Waals surface area contributed by atoms with Gasteiger partial charge in [-0.15, -0.1) is 11.8 Å². The van der Waals surface area contributed by atoms with E-state index in [1.165, 1.54) is 11.3 Å². The Morgan fingerprint density at radius 3 is 2.36 bits per heavy atom. The van der Waals surface area contributed by atoms with Crippen LogP contribution in [0.15, 0.2) is 48.5 Å². The second-order valence-electron chi connectivity index (χ2n) is 14.2. The minimum absolute atomic E-state index is 0.0384. The molecule has 0 saturated carbocycles. The first-order valence-corrected chi connectivity index (χ1v) is 17.4. The van der Waals surface area contributed by atoms with Crippen molar-refractivity contribution in [3.63, 3.8) is 0 Å². The highest BCUT2D eigenvalue weighted by molar-refractivity contribution is 8.01. The lowest BCUT2D eigenvalue weighted by molar-refractivity contribution is -0.137. The van der Waals surface area contributed by atoms with Crippen LogP contribution in [0.4, 0.5) is 16.2 Å². The minimum Gasteiger partial charge on any atom is -0.369 e. The van der Waals surface area contributed by atoms with Crippen LogP contribution in [-0.4, -0.2) is 102 Å². The molecule has 0 aliphatic carbocycles. The third kappa shape index (κ3) is 7.12. The van der Waals surface area contributed by atoms with Gasteiger partial charge >= 0.3 is 6.03 Å². The number of likely N-dealkylation sites (N-methyl/N-ethyl adjacent to an activating group) is 1. The van der Waals surface area contributed by atoms with Gasteiger partial charge in [-0.1, -0.05) is 57.2 Å². The second-order valence-corrected chi connectivity index (χ2v) is 15.5. The SMILES string of the molecule is CN1CCN(c2ccccc2[C@@H]2S[C@@H](CC(=O)N3CCC(N4Cc5ccccc5NC4=O)CC3)C(=O)N2CCC(C)(C)C)CC1. The highest BCUT2D eigenvalue weighted by atomic mass is 32.2. The molecule has 2 aromatic carbocycles. The van der Waals surface area contributed by atoms with Crippen molar-refractivity contribution in [1.29, 1.82) is 0 Å². The van der Waals surface area contributed by atoms with Gasteiger partial charge in [0.15, 0.2) is 0 Å². The molecule has 0 radical (unpaired) electrons. The molecular formula is C35H48N6O3S. The van der Waals surface area contributed by atoms with Gasteiger partial charge in [0.1, 0.15) is 5.37 Å². The number of benzene rings is 2. The number of fused-ring (bicyclic) bond motifs is 1. The van der Waals surface area contributed by atoms with Gasteiger partial charge in [-0.25, -0.2) is 4.79 Å². The summed E-state index contributed by atoms with van der Waals surface area (Å²) < 4.78 is 0. The summed E-state index contributed by atoms with van der Waals surface area (Å²) in [7, 11) is 2.16. The van der Waals surface area contributed by atoms with Crippen molar-refractivity contribution in [2.45, 2.75) is 69.7 Å². The summed E-state index contributed by atoms with van der Waals surface area (Å²) >= 11 is 1.65. The fourth-order valence-corrected chi connectivity index (χ4v) is 8.42. The lowest BCUT2D eigenvalue weighted by atomic mass is 9.92. The van der Waals surface area contributed by atoms with E-state index in [2.05, 4.69) is 73.3 Å². The molecule has 2 aromatic rings. The Morgan fingerprint density at radius 1 is 0.933 bits per heavy atom. The van der Waals surface area contributed by atoms with Crippen LogP contribution in [-0.2, 0) is 16.1 Å². The average molecular weight is 633 g/mol. The number of hydrogen-bond acceptors (Lipinski definition) is 6. The van der Waals surface area contributed by atoms with Gasteiger partial charge in [-0.05, 0) is 49.4 Å². The molecule has 4 aliphatic heterocycles. The molecular weight excluding hydrogens is 584 g/mol. The molecule has 3 fully saturated rings.